The number of hydrogen-bond donors (Lipinski definition) is 1. The number of guanidine groups is 1. The molecule has 2 rings (SSSR count). The van der Waals surface area contributed by atoms with Crippen molar-refractivity contribution in [3.63, 3.8) is 0 Å². The van der Waals surface area contributed by atoms with E-state index < -0.39 is 0 Å². The third kappa shape index (κ3) is 6.19. The normalized spacial score (nSPS) is 11.2. The molecule has 0 spiro atoms. The summed E-state index contributed by atoms with van der Waals surface area (Å²) < 4.78 is 3.94. The molecule has 0 fully saturated rings. The van der Waals surface area contributed by atoms with Crippen LogP contribution in [0.2, 0.25) is 0 Å². The third-order valence-electron chi connectivity index (χ3n) is 4.38. The zero-order valence-electron chi connectivity index (χ0n) is 16.1. The molecule has 0 radical (unpaired) electrons. The van der Waals surface area contributed by atoms with E-state index in [2.05, 4.69) is 25.8 Å². The molecule has 0 aliphatic carbocycles. The van der Waals surface area contributed by atoms with Crippen LogP contribution in [0, 0.1) is 6.92 Å². The minimum Gasteiger partial charge on any atom is -0.356 e. The summed E-state index contributed by atoms with van der Waals surface area (Å²) in [5.74, 6) is 0.884. The predicted octanol–water partition coefficient (Wildman–Crippen LogP) is 2.60. The van der Waals surface area contributed by atoms with E-state index in [0.717, 1.165) is 44.1 Å². The van der Waals surface area contributed by atoms with Crippen molar-refractivity contribution in [1.29, 1.82) is 0 Å². The van der Waals surface area contributed by atoms with Gasteiger partial charge in [0.2, 0.25) is 0 Å². The van der Waals surface area contributed by atoms with Crippen molar-refractivity contribution in [2.75, 3.05) is 20.6 Å². The predicted molar refractivity (Wildman–Crippen MR) is 118 cm³/mol. The quantitative estimate of drug-likeness (QED) is 0.293. The zero-order valence-corrected chi connectivity index (χ0v) is 18.4. The van der Waals surface area contributed by atoms with E-state index in [1.807, 2.05) is 50.0 Å². The Kier molecular flexibility index (Phi) is 9.47. The van der Waals surface area contributed by atoms with Gasteiger partial charge in [0.15, 0.2) is 5.96 Å². The van der Waals surface area contributed by atoms with Crippen LogP contribution in [0.3, 0.4) is 0 Å². The van der Waals surface area contributed by atoms with Gasteiger partial charge in [-0.1, -0.05) is 6.07 Å². The molecule has 0 aliphatic rings. The number of nitrogens with zero attached hydrogens (tertiary/aromatic N) is 4. The lowest BCUT2D eigenvalue weighted by Gasteiger charge is -2.22. The largest absolute Gasteiger partial charge is 0.356 e. The van der Waals surface area contributed by atoms with Crippen LogP contribution in [0.15, 0.2) is 46.3 Å². The molecule has 0 saturated carbocycles. The molecular weight excluding hydrogens is 441 g/mol. The van der Waals surface area contributed by atoms with Crippen molar-refractivity contribution in [1.82, 2.24) is 19.4 Å². The smallest absolute Gasteiger partial charge is 0.250 e. The summed E-state index contributed by atoms with van der Waals surface area (Å²) in [4.78, 5) is 18.3. The number of aryl methyl sites for hydroxylation is 2. The Bertz CT molecular complexity index is 765. The Morgan fingerprint density at radius 1 is 1.23 bits per heavy atom. The number of aromatic nitrogens is 2. The van der Waals surface area contributed by atoms with Crippen molar-refractivity contribution in [3.05, 3.63) is 58.3 Å². The topological polar surface area (TPSA) is 54.6 Å². The Labute approximate surface area is 172 Å². The summed E-state index contributed by atoms with van der Waals surface area (Å²) in [7, 11) is 5.89. The summed E-state index contributed by atoms with van der Waals surface area (Å²) in [6, 6.07) is 9.56. The Balaban J connectivity index is 0.00000338. The van der Waals surface area contributed by atoms with Gasteiger partial charge in [-0.05, 0) is 38.0 Å². The first kappa shape index (κ1) is 22.3. The molecule has 144 valence electrons. The fraction of sp³-hybridized carbons (Fsp3) is 0.474. The molecule has 0 aliphatic heterocycles. The van der Waals surface area contributed by atoms with Crippen LogP contribution in [-0.4, -0.2) is 40.6 Å². The summed E-state index contributed by atoms with van der Waals surface area (Å²) in [6.45, 7) is 4.37. The van der Waals surface area contributed by atoms with Gasteiger partial charge in [-0.15, -0.1) is 24.0 Å². The molecule has 6 nitrogen and oxygen atoms in total. The second kappa shape index (κ2) is 11.1. The summed E-state index contributed by atoms with van der Waals surface area (Å²) in [6.07, 6.45) is 3.99. The van der Waals surface area contributed by atoms with Gasteiger partial charge in [-0.3, -0.25) is 9.79 Å². The van der Waals surface area contributed by atoms with Gasteiger partial charge in [0, 0.05) is 57.9 Å². The highest BCUT2D eigenvalue weighted by Crippen LogP contribution is 2.04. The number of nitrogens with one attached hydrogen (secondary N) is 1. The van der Waals surface area contributed by atoms with E-state index in [9.17, 15) is 4.79 Å². The maximum Gasteiger partial charge on any atom is 0.250 e. The number of rotatable bonds is 7. The van der Waals surface area contributed by atoms with E-state index >= 15 is 0 Å². The first-order chi connectivity index (χ1) is 12.0. The Morgan fingerprint density at radius 2 is 2.00 bits per heavy atom. The number of unbranched alkanes of at least 4 members (excludes halogenated alkanes) is 1. The van der Waals surface area contributed by atoms with E-state index in [1.54, 1.807) is 13.1 Å². The lowest BCUT2D eigenvalue weighted by molar-refractivity contribution is 0.459. The maximum atomic E-state index is 11.8. The monoisotopic (exact) mass is 471 g/mol. The van der Waals surface area contributed by atoms with Crippen molar-refractivity contribution in [2.24, 2.45) is 12.0 Å². The molecule has 0 bridgehead atoms. The molecule has 0 amide bonds. The average Bonchev–Trinajstić information content (AvgIpc) is 2.98. The number of hydrogen-bond acceptors (Lipinski definition) is 2. The summed E-state index contributed by atoms with van der Waals surface area (Å²) in [5.41, 5.74) is 2.33. The maximum absolute atomic E-state index is 11.8. The van der Waals surface area contributed by atoms with Gasteiger partial charge in [-0.25, -0.2) is 0 Å². The molecule has 1 N–H and O–H groups in total. The first-order valence-electron chi connectivity index (χ1n) is 8.71. The van der Waals surface area contributed by atoms with Crippen LogP contribution < -0.4 is 10.9 Å². The minimum absolute atomic E-state index is 0. The second-order valence-electron chi connectivity index (χ2n) is 6.30. The van der Waals surface area contributed by atoms with Crippen LogP contribution in [0.25, 0.3) is 0 Å². The van der Waals surface area contributed by atoms with Crippen molar-refractivity contribution in [3.8, 4) is 0 Å². The molecule has 0 unspecified atom stereocenters. The van der Waals surface area contributed by atoms with Gasteiger partial charge in [-0.2, -0.15) is 0 Å². The van der Waals surface area contributed by atoms with Crippen LogP contribution in [-0.2, 0) is 20.1 Å². The van der Waals surface area contributed by atoms with E-state index in [-0.39, 0.29) is 29.5 Å². The Morgan fingerprint density at radius 3 is 2.62 bits per heavy atom. The van der Waals surface area contributed by atoms with Gasteiger partial charge >= 0.3 is 0 Å². The van der Waals surface area contributed by atoms with Crippen molar-refractivity contribution in [2.45, 2.75) is 32.9 Å². The van der Waals surface area contributed by atoms with Crippen LogP contribution >= 0.6 is 24.0 Å². The van der Waals surface area contributed by atoms with E-state index in [1.165, 1.54) is 5.69 Å². The zero-order chi connectivity index (χ0) is 18.2. The van der Waals surface area contributed by atoms with Gasteiger partial charge in [0.25, 0.3) is 5.56 Å². The van der Waals surface area contributed by atoms with Crippen LogP contribution in [0.1, 0.15) is 24.2 Å². The van der Waals surface area contributed by atoms with Gasteiger partial charge in [0.05, 0.1) is 6.54 Å². The number of aliphatic imine (C=N–C) groups is 1. The third-order valence-corrected chi connectivity index (χ3v) is 4.38. The lowest BCUT2D eigenvalue weighted by atomic mass is 10.3. The Hall–Kier alpha value is -1.77. The summed E-state index contributed by atoms with van der Waals surface area (Å²) >= 11 is 0. The molecular formula is C19H30IN5O. The standard InChI is InChI=1S/C19H29N5O.HI/c1-16-9-7-11-18(25)24(16)14-6-5-12-21-19(20-2)23(4)15-17-10-8-13-22(17)3;/h7-11,13H,5-6,12,14-15H2,1-4H3,(H,20,21);1H. The lowest BCUT2D eigenvalue weighted by Crippen LogP contribution is -2.39. The molecule has 2 aromatic rings. The highest BCUT2D eigenvalue weighted by Gasteiger charge is 2.08. The van der Waals surface area contributed by atoms with E-state index in [0.29, 0.717) is 0 Å². The summed E-state index contributed by atoms with van der Waals surface area (Å²) in [5, 5.41) is 3.40. The minimum atomic E-state index is 0. The molecule has 0 atom stereocenters. The van der Waals surface area contributed by atoms with Crippen molar-refractivity contribution >= 4 is 29.9 Å². The van der Waals surface area contributed by atoms with Gasteiger partial charge < -0.3 is 19.4 Å². The fourth-order valence-corrected chi connectivity index (χ4v) is 2.87. The molecule has 2 aromatic heterocycles. The highest BCUT2D eigenvalue weighted by molar-refractivity contribution is 14.0. The number of pyridine rings is 1. The average molecular weight is 471 g/mol. The second-order valence-corrected chi connectivity index (χ2v) is 6.30. The van der Waals surface area contributed by atoms with Crippen LogP contribution in [0.4, 0.5) is 0 Å². The fourth-order valence-electron chi connectivity index (χ4n) is 2.87. The molecule has 0 aromatic carbocycles. The van der Waals surface area contributed by atoms with Gasteiger partial charge in [0.1, 0.15) is 0 Å². The first-order valence-corrected chi connectivity index (χ1v) is 8.71. The SMILES string of the molecule is CN=C(NCCCCn1c(C)cccc1=O)N(C)Cc1cccn1C.I. The molecule has 26 heavy (non-hydrogen) atoms. The van der Waals surface area contributed by atoms with Crippen molar-refractivity contribution < 1.29 is 0 Å². The van der Waals surface area contributed by atoms with E-state index in [4.69, 9.17) is 0 Å². The molecule has 0 saturated heterocycles. The number of halogens is 1. The molecule has 2 heterocycles. The molecule has 7 heteroatoms. The van der Waals surface area contributed by atoms with Crippen LogP contribution in [0.5, 0.6) is 0 Å². The highest BCUT2D eigenvalue weighted by atomic mass is 127.